The molecule has 1 fully saturated rings. The first kappa shape index (κ1) is 15.5. The molecule has 0 unspecified atom stereocenters. The second kappa shape index (κ2) is 5.68. The third-order valence-electron chi connectivity index (χ3n) is 3.55. The monoisotopic (exact) mass is 414 g/mol. The Morgan fingerprint density at radius 1 is 1.45 bits per heavy atom. The third kappa shape index (κ3) is 3.18. The maximum Gasteiger partial charge on any atom is 0.410 e. The molecule has 2 aromatic rings. The molecule has 7 heteroatoms. The number of rotatable bonds is 2. The first-order valence-electron chi connectivity index (χ1n) is 7.27. The van der Waals surface area contributed by atoms with Crippen molar-refractivity contribution in [1.82, 2.24) is 19.7 Å². The fourth-order valence-electron chi connectivity index (χ4n) is 2.53. The maximum absolute atomic E-state index is 11.9. The highest BCUT2D eigenvalue weighted by Gasteiger charge is 2.34. The fourth-order valence-corrected chi connectivity index (χ4v) is 3.21. The summed E-state index contributed by atoms with van der Waals surface area (Å²) in [5, 5.41) is 5.64. The third-order valence-corrected chi connectivity index (χ3v) is 4.34. The molecule has 0 N–H and O–H groups in total. The summed E-state index contributed by atoms with van der Waals surface area (Å²) in [6, 6.07) is 1.98. The molecule has 2 aromatic heterocycles. The van der Waals surface area contributed by atoms with E-state index in [0.717, 1.165) is 34.2 Å². The quantitative estimate of drug-likeness (QED) is 0.710. The molecule has 0 aromatic carbocycles. The Morgan fingerprint density at radius 3 is 2.86 bits per heavy atom. The van der Waals surface area contributed by atoms with Gasteiger partial charge in [0.15, 0.2) is 0 Å². The van der Waals surface area contributed by atoms with E-state index in [1.54, 1.807) is 11.1 Å². The molecule has 0 radical (unpaired) electrons. The molecule has 0 bridgehead atoms. The number of amides is 1. The predicted octanol–water partition coefficient (Wildman–Crippen LogP) is 2.90. The van der Waals surface area contributed by atoms with Crippen LogP contribution < -0.4 is 0 Å². The molecule has 118 valence electrons. The molecular formula is C15H19IN4O2. The lowest BCUT2D eigenvalue weighted by molar-refractivity contribution is -0.00365. The summed E-state index contributed by atoms with van der Waals surface area (Å²) in [5.74, 6) is 0.416. The molecule has 0 aliphatic carbocycles. The zero-order chi connectivity index (χ0) is 15.9. The summed E-state index contributed by atoms with van der Waals surface area (Å²) >= 11 is 2.23. The number of aromatic nitrogens is 3. The molecule has 22 heavy (non-hydrogen) atoms. The van der Waals surface area contributed by atoms with Crippen molar-refractivity contribution in [1.29, 1.82) is 0 Å². The Morgan fingerprint density at radius 2 is 2.18 bits per heavy atom. The Labute approximate surface area is 143 Å². The molecule has 0 atom stereocenters. The highest BCUT2D eigenvalue weighted by atomic mass is 127. The van der Waals surface area contributed by atoms with Crippen molar-refractivity contribution in [2.24, 2.45) is 5.92 Å². The topological polar surface area (TPSA) is 60.2 Å². The number of likely N-dealkylation sites (tertiary alicyclic amines) is 1. The average molecular weight is 414 g/mol. The van der Waals surface area contributed by atoms with Crippen LogP contribution in [-0.4, -0.2) is 44.4 Å². The van der Waals surface area contributed by atoms with Gasteiger partial charge in [0.25, 0.3) is 0 Å². The van der Waals surface area contributed by atoms with Crippen molar-refractivity contribution in [2.45, 2.75) is 32.9 Å². The van der Waals surface area contributed by atoms with Crippen LogP contribution in [0.2, 0.25) is 0 Å². The van der Waals surface area contributed by atoms with Crippen LogP contribution in [0.15, 0.2) is 18.5 Å². The van der Waals surface area contributed by atoms with Crippen LogP contribution >= 0.6 is 22.6 Å². The summed E-state index contributed by atoms with van der Waals surface area (Å²) in [5.41, 5.74) is 0.652. The number of carbonyl (C=O) groups excluding carboxylic acids is 1. The number of fused-ring (bicyclic) bond motifs is 1. The molecule has 1 saturated heterocycles. The molecule has 1 amide bonds. The van der Waals surface area contributed by atoms with Crippen LogP contribution in [0.4, 0.5) is 4.79 Å². The largest absolute Gasteiger partial charge is 0.444 e. The highest BCUT2D eigenvalue weighted by Crippen LogP contribution is 2.24. The zero-order valence-corrected chi connectivity index (χ0v) is 15.1. The van der Waals surface area contributed by atoms with E-state index in [2.05, 4.69) is 32.7 Å². The van der Waals surface area contributed by atoms with E-state index in [1.807, 2.05) is 37.7 Å². The first-order valence-corrected chi connectivity index (χ1v) is 8.35. The lowest BCUT2D eigenvalue weighted by Gasteiger charge is -2.39. The van der Waals surface area contributed by atoms with Gasteiger partial charge in [-0.3, -0.25) is 9.67 Å². The summed E-state index contributed by atoms with van der Waals surface area (Å²) < 4.78 is 8.34. The SMILES string of the molecule is CC(C)(C)OC(=O)N1CC(Cn2nc(I)c3cnccc32)C1. The van der Waals surface area contributed by atoms with Gasteiger partial charge in [-0.05, 0) is 49.4 Å². The van der Waals surface area contributed by atoms with Gasteiger partial charge in [-0.15, -0.1) is 0 Å². The molecule has 1 aliphatic rings. The van der Waals surface area contributed by atoms with Gasteiger partial charge < -0.3 is 9.64 Å². The Bertz CT molecular complexity index is 701. The Kier molecular flexibility index (Phi) is 4.00. The average Bonchev–Trinajstić information content (AvgIpc) is 2.68. The fraction of sp³-hybridized carbons (Fsp3) is 0.533. The molecule has 6 nitrogen and oxygen atoms in total. The Hall–Kier alpha value is -1.38. The van der Waals surface area contributed by atoms with Crippen LogP contribution in [0.5, 0.6) is 0 Å². The van der Waals surface area contributed by atoms with E-state index >= 15 is 0 Å². The van der Waals surface area contributed by atoms with E-state index in [-0.39, 0.29) is 6.09 Å². The van der Waals surface area contributed by atoms with Gasteiger partial charge in [0.05, 0.1) is 10.9 Å². The van der Waals surface area contributed by atoms with Crippen LogP contribution in [0, 0.1) is 9.62 Å². The van der Waals surface area contributed by atoms with Gasteiger partial charge in [-0.25, -0.2) is 4.79 Å². The zero-order valence-electron chi connectivity index (χ0n) is 12.9. The van der Waals surface area contributed by atoms with Gasteiger partial charge in [0, 0.05) is 37.9 Å². The number of hydrogen-bond acceptors (Lipinski definition) is 4. The van der Waals surface area contributed by atoms with Gasteiger partial charge in [0.1, 0.15) is 9.30 Å². The molecule has 1 aliphatic heterocycles. The summed E-state index contributed by atoms with van der Waals surface area (Å²) in [4.78, 5) is 17.8. The number of nitrogens with zero attached hydrogens (tertiary/aromatic N) is 4. The lowest BCUT2D eigenvalue weighted by Crippen LogP contribution is -2.52. The first-order chi connectivity index (χ1) is 10.3. The maximum atomic E-state index is 11.9. The summed E-state index contributed by atoms with van der Waals surface area (Å²) in [7, 11) is 0. The summed E-state index contributed by atoms with van der Waals surface area (Å²) in [6.07, 6.45) is 3.39. The van der Waals surface area contributed by atoms with Crippen molar-refractivity contribution < 1.29 is 9.53 Å². The number of pyridine rings is 1. The van der Waals surface area contributed by atoms with Crippen molar-refractivity contribution in [3.05, 3.63) is 22.2 Å². The predicted molar refractivity (Wildman–Crippen MR) is 91.5 cm³/mol. The minimum Gasteiger partial charge on any atom is -0.444 e. The van der Waals surface area contributed by atoms with E-state index in [0.29, 0.717) is 5.92 Å². The summed E-state index contributed by atoms with van der Waals surface area (Å²) in [6.45, 7) is 7.90. The number of ether oxygens (including phenoxy) is 1. The molecule has 3 rings (SSSR count). The molecule has 3 heterocycles. The lowest BCUT2D eigenvalue weighted by atomic mass is 10.0. The molecular weight excluding hydrogens is 395 g/mol. The van der Waals surface area contributed by atoms with Crippen LogP contribution in [0.3, 0.4) is 0 Å². The van der Waals surface area contributed by atoms with Gasteiger partial charge in [0.2, 0.25) is 0 Å². The van der Waals surface area contributed by atoms with E-state index in [4.69, 9.17) is 4.74 Å². The molecule has 0 saturated carbocycles. The van der Waals surface area contributed by atoms with Crippen molar-refractivity contribution >= 4 is 39.6 Å². The van der Waals surface area contributed by atoms with Crippen molar-refractivity contribution in [3.8, 4) is 0 Å². The van der Waals surface area contributed by atoms with Crippen molar-refractivity contribution in [3.63, 3.8) is 0 Å². The van der Waals surface area contributed by atoms with E-state index in [1.165, 1.54) is 0 Å². The highest BCUT2D eigenvalue weighted by molar-refractivity contribution is 14.1. The number of carbonyl (C=O) groups is 1. The van der Waals surface area contributed by atoms with Crippen LogP contribution in [0.1, 0.15) is 20.8 Å². The molecule has 0 spiro atoms. The van der Waals surface area contributed by atoms with Gasteiger partial charge in [-0.1, -0.05) is 0 Å². The van der Waals surface area contributed by atoms with Crippen LogP contribution in [0.25, 0.3) is 10.9 Å². The number of halogens is 1. The van der Waals surface area contributed by atoms with E-state index in [9.17, 15) is 4.79 Å². The second-order valence-electron chi connectivity index (χ2n) is 6.62. The van der Waals surface area contributed by atoms with Gasteiger partial charge in [-0.2, -0.15) is 5.10 Å². The van der Waals surface area contributed by atoms with E-state index < -0.39 is 5.60 Å². The minimum absolute atomic E-state index is 0.229. The van der Waals surface area contributed by atoms with Crippen molar-refractivity contribution in [2.75, 3.05) is 13.1 Å². The normalized spacial score (nSPS) is 15.9. The van der Waals surface area contributed by atoms with Crippen LogP contribution in [-0.2, 0) is 11.3 Å². The minimum atomic E-state index is -0.441. The number of hydrogen-bond donors (Lipinski definition) is 0. The van der Waals surface area contributed by atoms with Gasteiger partial charge >= 0.3 is 6.09 Å². The Balaban J connectivity index is 1.61. The smallest absolute Gasteiger partial charge is 0.410 e. The second-order valence-corrected chi connectivity index (χ2v) is 7.64. The standard InChI is InChI=1S/C15H19IN4O2/c1-15(2,3)22-14(21)19-7-10(8-19)9-20-12-4-5-17-6-11(12)13(16)18-20/h4-6,10H,7-9H2,1-3H3.